The molecular formula is C22H25N3O8S. The number of hydrogen-bond acceptors (Lipinski definition) is 8. The van der Waals surface area contributed by atoms with Crippen LogP contribution >= 0.6 is 11.8 Å². The van der Waals surface area contributed by atoms with Gasteiger partial charge in [0.1, 0.15) is 18.2 Å². The highest BCUT2D eigenvalue weighted by Gasteiger charge is 2.31. The van der Waals surface area contributed by atoms with Crippen LogP contribution in [0.3, 0.4) is 0 Å². The number of pyridine rings is 1. The van der Waals surface area contributed by atoms with Gasteiger partial charge in [0, 0.05) is 25.4 Å². The molecule has 0 aliphatic carbocycles. The van der Waals surface area contributed by atoms with Crippen LogP contribution in [-0.2, 0) is 20.8 Å². The van der Waals surface area contributed by atoms with E-state index < -0.39 is 11.9 Å². The Morgan fingerprint density at radius 3 is 2.26 bits per heavy atom. The molecule has 1 atom stereocenters. The summed E-state index contributed by atoms with van der Waals surface area (Å²) in [7, 11) is 1.97. The molecule has 2 amide bonds. The van der Waals surface area contributed by atoms with Crippen molar-refractivity contribution in [2.75, 3.05) is 25.1 Å². The van der Waals surface area contributed by atoms with Crippen LogP contribution in [0.1, 0.15) is 5.56 Å². The van der Waals surface area contributed by atoms with Crippen molar-refractivity contribution in [3.8, 4) is 5.75 Å². The Kier molecular flexibility index (Phi) is 11.8. The van der Waals surface area contributed by atoms with Crippen molar-refractivity contribution < 1.29 is 39.6 Å². The van der Waals surface area contributed by atoms with Gasteiger partial charge < -0.3 is 25.3 Å². The molecule has 11 nitrogen and oxygen atoms in total. The van der Waals surface area contributed by atoms with Crippen molar-refractivity contribution in [2.45, 2.75) is 11.7 Å². The SMILES string of the molecule is CN(CCOc1ccc(CC2SC(=O)NC2=O)cc1)c1ccccn1.O.O=C(O)/C=C/C(=O)O. The number of nitrogens with one attached hydrogen (secondary N) is 1. The van der Waals surface area contributed by atoms with Gasteiger partial charge in [-0.25, -0.2) is 14.6 Å². The van der Waals surface area contributed by atoms with E-state index in [1.807, 2.05) is 54.4 Å². The number of carboxylic acid groups (broad SMARTS) is 2. The molecule has 0 bridgehead atoms. The fourth-order valence-electron chi connectivity index (χ4n) is 2.60. The third-order valence-corrected chi connectivity index (χ3v) is 5.20. The average Bonchev–Trinajstić information content (AvgIpc) is 3.11. The van der Waals surface area contributed by atoms with Crippen molar-refractivity contribution in [2.24, 2.45) is 0 Å². The molecule has 1 aliphatic rings. The fourth-order valence-corrected chi connectivity index (χ4v) is 3.46. The number of aromatic nitrogens is 1. The molecule has 3 rings (SSSR count). The first kappa shape index (κ1) is 28.1. The minimum atomic E-state index is -1.26. The zero-order valence-electron chi connectivity index (χ0n) is 18.2. The molecule has 1 saturated heterocycles. The number of nitrogens with zero attached hydrogens (tertiary/aromatic N) is 2. The third kappa shape index (κ3) is 10.1. The molecule has 0 spiro atoms. The molecule has 1 aromatic heterocycles. The molecule has 1 unspecified atom stereocenters. The van der Waals surface area contributed by atoms with Crippen LogP contribution < -0.4 is 15.0 Å². The number of anilines is 1. The normalized spacial score (nSPS) is 14.4. The third-order valence-electron chi connectivity index (χ3n) is 4.22. The van der Waals surface area contributed by atoms with Gasteiger partial charge in [-0.15, -0.1) is 0 Å². The quantitative estimate of drug-likeness (QED) is 0.434. The zero-order chi connectivity index (χ0) is 24.2. The molecule has 2 aromatic rings. The van der Waals surface area contributed by atoms with Crippen LogP contribution in [0.25, 0.3) is 0 Å². The molecule has 0 radical (unpaired) electrons. The first-order valence-electron chi connectivity index (χ1n) is 9.74. The lowest BCUT2D eigenvalue weighted by Crippen LogP contribution is -2.25. The summed E-state index contributed by atoms with van der Waals surface area (Å²) in [4.78, 5) is 48.2. The number of rotatable bonds is 9. The Bertz CT molecular complexity index is 983. The van der Waals surface area contributed by atoms with Gasteiger partial charge in [0.2, 0.25) is 5.91 Å². The second kappa shape index (κ2) is 14.3. The summed E-state index contributed by atoms with van der Waals surface area (Å²) >= 11 is 1.05. The van der Waals surface area contributed by atoms with Gasteiger partial charge in [-0.05, 0) is 36.2 Å². The van der Waals surface area contributed by atoms with Gasteiger partial charge >= 0.3 is 11.9 Å². The molecule has 2 heterocycles. The summed E-state index contributed by atoms with van der Waals surface area (Å²) in [5.74, 6) is -1.05. The molecule has 1 aromatic carbocycles. The van der Waals surface area contributed by atoms with E-state index in [0.717, 1.165) is 35.4 Å². The van der Waals surface area contributed by atoms with Crippen molar-refractivity contribution in [1.82, 2.24) is 10.3 Å². The van der Waals surface area contributed by atoms with Crippen molar-refractivity contribution in [1.29, 1.82) is 0 Å². The maximum absolute atomic E-state index is 11.6. The van der Waals surface area contributed by atoms with E-state index in [-0.39, 0.29) is 21.9 Å². The van der Waals surface area contributed by atoms with E-state index in [2.05, 4.69) is 10.3 Å². The molecule has 12 heteroatoms. The van der Waals surface area contributed by atoms with Gasteiger partial charge in [0.25, 0.3) is 5.24 Å². The largest absolute Gasteiger partial charge is 0.492 e. The second-order valence-corrected chi connectivity index (χ2v) is 7.87. The number of amides is 2. The summed E-state index contributed by atoms with van der Waals surface area (Å²) in [6, 6.07) is 13.4. The molecule has 1 aliphatic heterocycles. The van der Waals surface area contributed by atoms with E-state index in [1.54, 1.807) is 6.20 Å². The van der Waals surface area contributed by atoms with Gasteiger partial charge in [0.05, 0.1) is 11.8 Å². The Labute approximate surface area is 199 Å². The standard InChI is InChI=1S/C18H19N3O3S.C4H4O4.H2O/c1-21(16-4-2-3-9-19-16)10-11-24-14-7-5-13(6-8-14)12-15-17(22)20-18(23)25-15;5-3(6)1-2-4(7)8;/h2-9,15H,10-12H2,1H3,(H,20,22,23);1-2H,(H,5,6)(H,7,8);1H2/b;2-1+;. The number of ether oxygens (including phenoxy) is 1. The average molecular weight is 492 g/mol. The van der Waals surface area contributed by atoms with Gasteiger partial charge in [0.15, 0.2) is 0 Å². The van der Waals surface area contributed by atoms with Crippen LogP contribution in [0.4, 0.5) is 10.6 Å². The van der Waals surface area contributed by atoms with E-state index in [1.165, 1.54) is 0 Å². The topological polar surface area (TPSA) is 178 Å². The maximum Gasteiger partial charge on any atom is 0.328 e. The number of thioether (sulfide) groups is 1. The number of imide groups is 1. The van der Waals surface area contributed by atoms with Gasteiger partial charge in [-0.2, -0.15) is 0 Å². The maximum atomic E-state index is 11.6. The van der Waals surface area contributed by atoms with E-state index >= 15 is 0 Å². The number of aliphatic carboxylic acids is 2. The Hall–Kier alpha value is -3.90. The molecule has 182 valence electrons. The fraction of sp³-hybridized carbons (Fsp3) is 0.227. The lowest BCUT2D eigenvalue weighted by molar-refractivity contribution is -0.134. The minimum absolute atomic E-state index is 0. The van der Waals surface area contributed by atoms with Crippen LogP contribution in [0.5, 0.6) is 5.75 Å². The highest BCUT2D eigenvalue weighted by molar-refractivity contribution is 8.15. The first-order valence-corrected chi connectivity index (χ1v) is 10.6. The summed E-state index contributed by atoms with van der Waals surface area (Å²) < 4.78 is 5.75. The number of carbonyl (C=O) groups excluding carboxylic acids is 2. The molecule has 34 heavy (non-hydrogen) atoms. The van der Waals surface area contributed by atoms with Crippen LogP contribution in [0.15, 0.2) is 60.8 Å². The van der Waals surface area contributed by atoms with E-state index in [0.29, 0.717) is 25.2 Å². The van der Waals surface area contributed by atoms with Gasteiger partial charge in [-0.3, -0.25) is 14.9 Å². The lowest BCUT2D eigenvalue weighted by Gasteiger charge is -2.18. The number of carbonyl (C=O) groups is 4. The number of carboxylic acids is 2. The molecule has 5 N–H and O–H groups in total. The van der Waals surface area contributed by atoms with Crippen molar-refractivity contribution in [3.05, 3.63) is 66.4 Å². The summed E-state index contributed by atoms with van der Waals surface area (Å²) in [5, 5.41) is 17.3. The Morgan fingerprint density at radius 1 is 1.12 bits per heavy atom. The van der Waals surface area contributed by atoms with Crippen LogP contribution in [-0.4, -0.2) is 69.2 Å². The Balaban J connectivity index is 0.000000556. The predicted octanol–water partition coefficient (Wildman–Crippen LogP) is 1.38. The number of benzene rings is 1. The van der Waals surface area contributed by atoms with Crippen molar-refractivity contribution in [3.63, 3.8) is 0 Å². The van der Waals surface area contributed by atoms with E-state index in [9.17, 15) is 19.2 Å². The summed E-state index contributed by atoms with van der Waals surface area (Å²) in [6.07, 6.45) is 3.41. The second-order valence-electron chi connectivity index (χ2n) is 6.70. The van der Waals surface area contributed by atoms with Crippen LogP contribution in [0, 0.1) is 0 Å². The van der Waals surface area contributed by atoms with E-state index in [4.69, 9.17) is 14.9 Å². The summed E-state index contributed by atoms with van der Waals surface area (Å²) in [5.41, 5.74) is 1.00. The van der Waals surface area contributed by atoms with Crippen LogP contribution in [0.2, 0.25) is 0 Å². The highest BCUT2D eigenvalue weighted by Crippen LogP contribution is 2.23. The monoisotopic (exact) mass is 491 g/mol. The molecule has 0 saturated carbocycles. The number of hydrogen-bond donors (Lipinski definition) is 3. The summed E-state index contributed by atoms with van der Waals surface area (Å²) in [6.45, 7) is 1.27. The van der Waals surface area contributed by atoms with Crippen molar-refractivity contribution >= 4 is 40.7 Å². The predicted molar refractivity (Wildman–Crippen MR) is 126 cm³/mol. The van der Waals surface area contributed by atoms with Gasteiger partial charge in [-0.1, -0.05) is 30.0 Å². The minimum Gasteiger partial charge on any atom is -0.492 e. The smallest absolute Gasteiger partial charge is 0.328 e. The lowest BCUT2D eigenvalue weighted by atomic mass is 10.1. The highest BCUT2D eigenvalue weighted by atomic mass is 32.2. The molecular weight excluding hydrogens is 466 g/mol. The first-order chi connectivity index (χ1) is 15.7. The Morgan fingerprint density at radius 2 is 1.76 bits per heavy atom. The zero-order valence-corrected chi connectivity index (χ0v) is 19.0. The molecule has 1 fully saturated rings. The number of likely N-dealkylation sites (N-methyl/N-ethyl adjacent to an activating group) is 1.